The van der Waals surface area contributed by atoms with E-state index in [2.05, 4.69) is 10.3 Å². The highest BCUT2D eigenvalue weighted by Gasteiger charge is 2.30. The number of nitriles is 1. The minimum atomic E-state index is -3.66. The summed E-state index contributed by atoms with van der Waals surface area (Å²) in [6.07, 6.45) is 2.74. The van der Waals surface area contributed by atoms with Gasteiger partial charge in [-0.3, -0.25) is 0 Å². The van der Waals surface area contributed by atoms with E-state index in [0.717, 1.165) is 19.3 Å². The normalized spacial score (nSPS) is 16.1. The van der Waals surface area contributed by atoms with Gasteiger partial charge in [-0.05, 0) is 38.8 Å². The van der Waals surface area contributed by atoms with E-state index < -0.39 is 10.0 Å². The van der Waals surface area contributed by atoms with Crippen LogP contribution in [0.25, 0.3) is 11.7 Å². The number of nitrogens with zero attached hydrogens (tertiary/aromatic N) is 3. The van der Waals surface area contributed by atoms with Crippen molar-refractivity contribution in [1.82, 2.24) is 9.29 Å². The molecule has 2 aromatic rings. The summed E-state index contributed by atoms with van der Waals surface area (Å²) < 4.78 is 37.7. The molecule has 3 rings (SSSR count). The van der Waals surface area contributed by atoms with Gasteiger partial charge in [-0.2, -0.15) is 14.6 Å². The van der Waals surface area contributed by atoms with Crippen LogP contribution in [-0.4, -0.2) is 36.8 Å². The molecular formula is C16H20N4O4S. The van der Waals surface area contributed by atoms with Gasteiger partial charge < -0.3 is 14.2 Å². The highest BCUT2D eigenvalue weighted by atomic mass is 32.2. The summed E-state index contributed by atoms with van der Waals surface area (Å²) in [5.41, 5.74) is 0.0977. The minimum absolute atomic E-state index is 0.0551. The Balaban J connectivity index is 1.89. The summed E-state index contributed by atoms with van der Waals surface area (Å²) in [5, 5.41) is 12.0. The fourth-order valence-corrected chi connectivity index (χ4v) is 4.10. The van der Waals surface area contributed by atoms with Crippen LogP contribution < -0.4 is 5.32 Å². The Labute approximate surface area is 146 Å². The van der Waals surface area contributed by atoms with Crippen LogP contribution in [-0.2, 0) is 10.0 Å². The van der Waals surface area contributed by atoms with Crippen LogP contribution >= 0.6 is 0 Å². The van der Waals surface area contributed by atoms with Crippen LogP contribution in [0.5, 0.6) is 0 Å². The molecule has 25 heavy (non-hydrogen) atoms. The maximum atomic E-state index is 12.6. The first-order valence-electron chi connectivity index (χ1n) is 8.19. The first-order valence-corrected chi connectivity index (χ1v) is 9.63. The predicted octanol–water partition coefficient (Wildman–Crippen LogP) is 2.80. The van der Waals surface area contributed by atoms with Crippen molar-refractivity contribution in [2.45, 2.75) is 44.2 Å². The maximum Gasteiger partial charge on any atom is 0.276 e. The lowest BCUT2D eigenvalue weighted by Gasteiger charge is -2.24. The van der Waals surface area contributed by atoms with Crippen LogP contribution in [0.1, 0.15) is 38.8 Å². The molecule has 3 heterocycles. The first kappa shape index (κ1) is 17.5. The third-order valence-corrected chi connectivity index (χ3v) is 5.63. The second kappa shape index (κ2) is 6.90. The van der Waals surface area contributed by atoms with E-state index in [1.165, 1.54) is 16.4 Å². The number of nitrogens with one attached hydrogen (secondary N) is 1. The van der Waals surface area contributed by atoms with E-state index in [9.17, 15) is 8.42 Å². The van der Waals surface area contributed by atoms with Crippen molar-refractivity contribution in [3.63, 3.8) is 0 Å². The molecule has 0 aliphatic carbocycles. The van der Waals surface area contributed by atoms with E-state index >= 15 is 0 Å². The molecule has 0 saturated carbocycles. The number of piperidine rings is 1. The summed E-state index contributed by atoms with van der Waals surface area (Å²) in [7, 11) is -3.66. The standard InChI is InChI=1S/C16H20N4O4S/c1-11(2)18-15-12(10-17)19-16(24-15)13-6-7-14(23-13)25(21,22)20-8-4-3-5-9-20/h6-7,11,18H,3-5,8-9H2,1-2H3. The summed E-state index contributed by atoms with van der Waals surface area (Å²) in [4.78, 5) is 4.07. The van der Waals surface area contributed by atoms with Crippen LogP contribution in [0, 0.1) is 11.3 Å². The molecule has 1 aliphatic heterocycles. The van der Waals surface area contributed by atoms with Gasteiger partial charge >= 0.3 is 0 Å². The van der Waals surface area contributed by atoms with E-state index in [1.807, 2.05) is 19.9 Å². The molecule has 1 fully saturated rings. The van der Waals surface area contributed by atoms with Gasteiger partial charge in [0.15, 0.2) is 5.76 Å². The van der Waals surface area contributed by atoms with E-state index in [0.29, 0.717) is 13.1 Å². The van der Waals surface area contributed by atoms with Crippen molar-refractivity contribution in [1.29, 1.82) is 5.26 Å². The maximum absolute atomic E-state index is 12.6. The largest absolute Gasteiger partial charge is 0.438 e. The molecule has 0 amide bonds. The fourth-order valence-electron chi connectivity index (χ4n) is 2.67. The second-order valence-corrected chi connectivity index (χ2v) is 8.06. The molecule has 9 heteroatoms. The zero-order chi connectivity index (χ0) is 18.0. The number of hydrogen-bond acceptors (Lipinski definition) is 7. The van der Waals surface area contributed by atoms with Crippen molar-refractivity contribution < 1.29 is 17.3 Å². The van der Waals surface area contributed by atoms with E-state index in [-0.39, 0.29) is 34.4 Å². The molecule has 0 spiro atoms. The Morgan fingerprint density at radius 1 is 1.24 bits per heavy atom. The number of oxazole rings is 1. The third kappa shape index (κ3) is 3.55. The van der Waals surface area contributed by atoms with Gasteiger partial charge in [-0.25, -0.2) is 8.42 Å². The molecule has 0 radical (unpaired) electrons. The summed E-state index contributed by atoms with van der Waals surface area (Å²) >= 11 is 0. The Morgan fingerprint density at radius 3 is 2.60 bits per heavy atom. The lowest BCUT2D eigenvalue weighted by molar-refractivity contribution is 0.332. The molecule has 1 aliphatic rings. The van der Waals surface area contributed by atoms with Crippen molar-refractivity contribution in [2.24, 2.45) is 0 Å². The molecular weight excluding hydrogens is 344 g/mol. The van der Waals surface area contributed by atoms with Gasteiger partial charge in [0.1, 0.15) is 6.07 Å². The highest BCUT2D eigenvalue weighted by Crippen LogP contribution is 2.30. The van der Waals surface area contributed by atoms with Gasteiger partial charge in [-0.15, -0.1) is 0 Å². The van der Waals surface area contributed by atoms with E-state index in [4.69, 9.17) is 14.1 Å². The zero-order valence-electron chi connectivity index (χ0n) is 14.2. The average Bonchev–Trinajstić information content (AvgIpc) is 3.22. The van der Waals surface area contributed by atoms with Crippen LogP contribution in [0.4, 0.5) is 5.88 Å². The van der Waals surface area contributed by atoms with Gasteiger partial charge in [0, 0.05) is 19.1 Å². The van der Waals surface area contributed by atoms with E-state index in [1.54, 1.807) is 0 Å². The Kier molecular flexibility index (Phi) is 4.83. The van der Waals surface area contributed by atoms with Crippen molar-refractivity contribution >= 4 is 15.9 Å². The van der Waals surface area contributed by atoms with Crippen LogP contribution in [0.15, 0.2) is 26.1 Å². The Bertz CT molecular complexity index is 886. The number of sulfonamides is 1. The van der Waals surface area contributed by atoms with Crippen molar-refractivity contribution in [3.8, 4) is 17.7 Å². The predicted molar refractivity (Wildman–Crippen MR) is 90.3 cm³/mol. The van der Waals surface area contributed by atoms with Gasteiger partial charge in [0.05, 0.1) is 0 Å². The molecule has 8 nitrogen and oxygen atoms in total. The molecule has 0 unspecified atom stereocenters. The number of aromatic nitrogens is 1. The third-order valence-electron chi connectivity index (χ3n) is 3.85. The van der Waals surface area contributed by atoms with Gasteiger partial charge in [-0.1, -0.05) is 6.42 Å². The molecule has 1 saturated heterocycles. The number of furan rings is 1. The lowest BCUT2D eigenvalue weighted by Crippen LogP contribution is -2.35. The Morgan fingerprint density at radius 2 is 1.96 bits per heavy atom. The minimum Gasteiger partial charge on any atom is -0.438 e. The monoisotopic (exact) mass is 364 g/mol. The molecule has 0 aromatic carbocycles. The number of hydrogen-bond donors (Lipinski definition) is 1. The van der Waals surface area contributed by atoms with Crippen LogP contribution in [0.2, 0.25) is 0 Å². The average molecular weight is 364 g/mol. The number of rotatable bonds is 5. The smallest absolute Gasteiger partial charge is 0.276 e. The summed E-state index contributed by atoms with van der Waals surface area (Å²) in [5.74, 6) is 0.480. The SMILES string of the molecule is CC(C)Nc1oc(-c2ccc(S(=O)(=O)N3CCCCC3)o2)nc1C#N. The first-order chi connectivity index (χ1) is 11.9. The molecule has 1 N–H and O–H groups in total. The van der Waals surface area contributed by atoms with Crippen molar-refractivity contribution in [2.75, 3.05) is 18.4 Å². The highest BCUT2D eigenvalue weighted by molar-refractivity contribution is 7.89. The summed E-state index contributed by atoms with van der Waals surface area (Å²) in [6.45, 7) is 4.80. The molecule has 0 atom stereocenters. The molecule has 2 aromatic heterocycles. The molecule has 134 valence electrons. The molecule has 0 bridgehead atoms. The van der Waals surface area contributed by atoms with Crippen molar-refractivity contribution in [3.05, 3.63) is 17.8 Å². The van der Waals surface area contributed by atoms with Crippen LogP contribution in [0.3, 0.4) is 0 Å². The fraction of sp³-hybridized carbons (Fsp3) is 0.500. The topological polar surface area (TPSA) is 112 Å². The Hall–Kier alpha value is -2.31. The number of anilines is 1. The zero-order valence-corrected chi connectivity index (χ0v) is 15.0. The van der Waals surface area contributed by atoms with Gasteiger partial charge in [0.2, 0.25) is 16.7 Å². The summed E-state index contributed by atoms with van der Waals surface area (Å²) in [6, 6.07) is 4.88. The van der Waals surface area contributed by atoms with Gasteiger partial charge in [0.25, 0.3) is 15.9 Å². The quantitative estimate of drug-likeness (QED) is 0.868. The lowest BCUT2D eigenvalue weighted by atomic mass is 10.2. The second-order valence-electron chi connectivity index (χ2n) is 6.19.